The summed E-state index contributed by atoms with van der Waals surface area (Å²) in [5.74, 6) is -0.346. The number of nitrogens with one attached hydrogen (secondary N) is 1. The molecule has 0 radical (unpaired) electrons. The molecule has 1 amide bonds. The quantitative estimate of drug-likeness (QED) is 0.383. The van der Waals surface area contributed by atoms with Crippen LogP contribution in [0.25, 0.3) is 11.0 Å². The Bertz CT molecular complexity index is 1040. The Morgan fingerprint density at radius 3 is 2.61 bits per heavy atom. The Labute approximate surface area is 188 Å². The molecule has 180 valence electrons. The fourth-order valence-electron chi connectivity index (χ4n) is 4.17. The van der Waals surface area contributed by atoms with E-state index in [0.717, 1.165) is 17.7 Å². The summed E-state index contributed by atoms with van der Waals surface area (Å²) in [6.45, 7) is 1.95. The lowest BCUT2D eigenvalue weighted by Crippen LogP contribution is -2.36. The van der Waals surface area contributed by atoms with Crippen LogP contribution in [0, 0.1) is 5.92 Å². The van der Waals surface area contributed by atoms with E-state index in [9.17, 15) is 27.5 Å². The second kappa shape index (κ2) is 10.2. The zero-order valence-corrected chi connectivity index (χ0v) is 18.3. The van der Waals surface area contributed by atoms with Crippen molar-refractivity contribution in [2.45, 2.75) is 51.3 Å². The number of ether oxygens (including phenoxy) is 1. The van der Waals surface area contributed by atoms with Gasteiger partial charge in [0.1, 0.15) is 11.6 Å². The first-order valence-electron chi connectivity index (χ1n) is 10.7. The molecule has 1 aliphatic carbocycles. The molecule has 0 spiro atoms. The van der Waals surface area contributed by atoms with Crippen molar-refractivity contribution in [3.05, 3.63) is 35.8 Å². The summed E-state index contributed by atoms with van der Waals surface area (Å²) >= 11 is 0. The van der Waals surface area contributed by atoms with Crippen molar-refractivity contribution >= 4 is 23.1 Å². The second-order valence-corrected chi connectivity index (χ2v) is 7.97. The second-order valence-electron chi connectivity index (χ2n) is 7.97. The van der Waals surface area contributed by atoms with Crippen LogP contribution in [0.3, 0.4) is 0 Å². The van der Waals surface area contributed by atoms with Crippen LogP contribution in [-0.2, 0) is 0 Å². The number of carboxylic acid groups (broad SMARTS) is 1. The van der Waals surface area contributed by atoms with Crippen LogP contribution in [0.15, 0.2) is 35.0 Å². The summed E-state index contributed by atoms with van der Waals surface area (Å²) in [5, 5.41) is 9.62. The molecule has 1 fully saturated rings. The maximum absolute atomic E-state index is 14.1. The van der Waals surface area contributed by atoms with Crippen molar-refractivity contribution in [1.29, 1.82) is 0 Å². The van der Waals surface area contributed by atoms with Gasteiger partial charge in [-0.1, -0.05) is 13.0 Å². The highest BCUT2D eigenvalue weighted by Gasteiger charge is 2.32. The number of aromatic nitrogens is 2. The first-order valence-corrected chi connectivity index (χ1v) is 10.7. The molecular weight excluding hydrogens is 444 g/mol. The zero-order chi connectivity index (χ0) is 24.2. The smallest absolute Gasteiger partial charge is 0.465 e. The van der Waals surface area contributed by atoms with E-state index in [4.69, 9.17) is 0 Å². The van der Waals surface area contributed by atoms with E-state index < -0.39 is 18.4 Å². The highest BCUT2D eigenvalue weighted by atomic mass is 19.4. The van der Waals surface area contributed by atoms with Crippen molar-refractivity contribution in [2.75, 3.05) is 13.6 Å². The minimum atomic E-state index is -4.77. The van der Waals surface area contributed by atoms with E-state index in [1.54, 1.807) is 6.92 Å². The van der Waals surface area contributed by atoms with E-state index in [0.29, 0.717) is 36.1 Å². The number of H-pyrrole nitrogens is 1. The summed E-state index contributed by atoms with van der Waals surface area (Å²) in [7, 11) is 1.27. The first kappa shape index (κ1) is 24.5. The number of carbonyl (C=O) groups is 1. The molecule has 2 aromatic rings. The number of alkyl halides is 3. The lowest BCUT2D eigenvalue weighted by molar-refractivity contribution is -0.274. The van der Waals surface area contributed by atoms with Gasteiger partial charge in [0.15, 0.2) is 0 Å². The van der Waals surface area contributed by atoms with E-state index in [2.05, 4.69) is 19.7 Å². The molecule has 1 saturated carbocycles. The molecule has 1 aromatic heterocycles. The number of hydrogen-bond acceptors (Lipinski definition) is 4. The number of amides is 1. The molecule has 0 aliphatic heterocycles. The lowest BCUT2D eigenvalue weighted by atomic mass is 9.81. The summed E-state index contributed by atoms with van der Waals surface area (Å²) in [5.41, 5.74) is 0.959. The van der Waals surface area contributed by atoms with Gasteiger partial charge in [0.25, 0.3) is 0 Å². The van der Waals surface area contributed by atoms with Gasteiger partial charge in [-0.15, -0.1) is 13.2 Å². The molecule has 3 rings (SSSR count). The van der Waals surface area contributed by atoms with Crippen LogP contribution in [-0.4, -0.2) is 52.0 Å². The predicted octanol–water partition coefficient (Wildman–Crippen LogP) is 6.01. The number of allylic oxidation sites excluding steroid dienone is 2. The third-order valence-electron chi connectivity index (χ3n) is 5.71. The number of fused-ring (bicyclic) bond motifs is 1. The normalized spacial score (nSPS) is 20.2. The maximum Gasteiger partial charge on any atom is 0.573 e. The number of imidazole rings is 1. The number of halogens is 4. The van der Waals surface area contributed by atoms with Gasteiger partial charge in [-0.2, -0.15) is 4.39 Å². The average molecular weight is 470 g/mol. The van der Waals surface area contributed by atoms with Gasteiger partial charge < -0.3 is 14.8 Å². The SMILES string of the molecule is CC/C=C(\C(F)=NC)N(CC1CCC(c2nc3ccc(OC(F)(F)F)cc3[nH]2)CC1)C(=O)O. The fraction of sp³-hybridized carbons (Fsp3) is 0.500. The van der Waals surface area contributed by atoms with Crippen molar-refractivity contribution in [1.82, 2.24) is 14.9 Å². The Hall–Kier alpha value is -3.11. The molecule has 0 bridgehead atoms. The van der Waals surface area contributed by atoms with Crippen LogP contribution >= 0.6 is 0 Å². The molecule has 0 atom stereocenters. The minimum Gasteiger partial charge on any atom is -0.465 e. The highest BCUT2D eigenvalue weighted by molar-refractivity contribution is 5.95. The molecular formula is C22H26F4N4O3. The van der Waals surface area contributed by atoms with Crippen molar-refractivity contribution in [3.63, 3.8) is 0 Å². The van der Waals surface area contributed by atoms with E-state index >= 15 is 0 Å². The van der Waals surface area contributed by atoms with E-state index in [-0.39, 0.29) is 29.8 Å². The Kier molecular flexibility index (Phi) is 7.60. The monoisotopic (exact) mass is 470 g/mol. The number of aromatic amines is 1. The molecule has 2 N–H and O–H groups in total. The number of nitrogens with zero attached hydrogens (tertiary/aromatic N) is 3. The number of benzene rings is 1. The lowest BCUT2D eigenvalue weighted by Gasteiger charge is -2.31. The number of aliphatic imine (C=N–C) groups is 1. The van der Waals surface area contributed by atoms with E-state index in [1.807, 2.05) is 0 Å². The van der Waals surface area contributed by atoms with Crippen LogP contribution in [0.2, 0.25) is 0 Å². The van der Waals surface area contributed by atoms with E-state index in [1.165, 1.54) is 31.3 Å². The van der Waals surface area contributed by atoms with Gasteiger partial charge >= 0.3 is 12.5 Å². The third kappa shape index (κ3) is 6.23. The molecule has 11 heteroatoms. The summed E-state index contributed by atoms with van der Waals surface area (Å²) < 4.78 is 55.5. The van der Waals surface area contributed by atoms with Gasteiger partial charge in [0, 0.05) is 25.6 Å². The highest BCUT2D eigenvalue weighted by Crippen LogP contribution is 2.36. The molecule has 1 heterocycles. The summed E-state index contributed by atoms with van der Waals surface area (Å²) in [6.07, 6.45) is -1.16. The van der Waals surface area contributed by atoms with Crippen molar-refractivity contribution in [3.8, 4) is 5.75 Å². The topological polar surface area (TPSA) is 90.8 Å². The number of rotatable bonds is 7. The van der Waals surface area contributed by atoms with Gasteiger partial charge in [-0.25, -0.2) is 9.78 Å². The maximum atomic E-state index is 14.1. The fourth-order valence-corrected chi connectivity index (χ4v) is 4.17. The summed E-state index contributed by atoms with van der Waals surface area (Å²) in [6, 6.07) is 3.96. The van der Waals surface area contributed by atoms with Gasteiger partial charge in [0.05, 0.1) is 16.7 Å². The van der Waals surface area contributed by atoms with Crippen molar-refractivity contribution in [2.24, 2.45) is 10.9 Å². The average Bonchev–Trinajstić information content (AvgIpc) is 3.18. The first-order chi connectivity index (χ1) is 15.6. The number of hydrogen-bond donors (Lipinski definition) is 2. The Morgan fingerprint density at radius 2 is 2.03 bits per heavy atom. The molecule has 0 saturated heterocycles. The third-order valence-corrected chi connectivity index (χ3v) is 5.71. The molecule has 1 aromatic carbocycles. The van der Waals surface area contributed by atoms with Gasteiger partial charge in [0.2, 0.25) is 5.97 Å². The van der Waals surface area contributed by atoms with Gasteiger partial charge in [-0.05, 0) is 50.2 Å². The minimum absolute atomic E-state index is 0.0382. The summed E-state index contributed by atoms with van der Waals surface area (Å²) in [4.78, 5) is 23.9. The van der Waals surface area contributed by atoms with Crippen molar-refractivity contribution < 1.29 is 32.2 Å². The standard InChI is InChI=1S/C22H26F4N4O3/c1-3-4-18(19(23)27-2)30(21(31)32)12-13-5-7-14(8-6-13)20-28-16-10-9-15(11-17(16)29-20)33-22(24,25)26/h4,9-11,13-14H,3,5-8,12H2,1-2H3,(H,28,29)(H,31,32)/b18-4+,27-19?. The van der Waals surface area contributed by atoms with Crippen LogP contribution in [0.5, 0.6) is 5.75 Å². The van der Waals surface area contributed by atoms with Crippen LogP contribution in [0.1, 0.15) is 50.8 Å². The predicted molar refractivity (Wildman–Crippen MR) is 115 cm³/mol. The molecule has 33 heavy (non-hydrogen) atoms. The molecule has 7 nitrogen and oxygen atoms in total. The Balaban J connectivity index is 1.67. The zero-order valence-electron chi connectivity index (χ0n) is 18.3. The molecule has 0 unspecified atom stereocenters. The van der Waals surface area contributed by atoms with Crippen LogP contribution in [0.4, 0.5) is 22.4 Å². The molecule has 1 aliphatic rings. The van der Waals surface area contributed by atoms with Crippen LogP contribution < -0.4 is 4.74 Å². The largest absolute Gasteiger partial charge is 0.573 e. The Morgan fingerprint density at radius 1 is 1.33 bits per heavy atom. The van der Waals surface area contributed by atoms with Gasteiger partial charge in [-0.3, -0.25) is 9.89 Å².